The summed E-state index contributed by atoms with van der Waals surface area (Å²) >= 11 is 0. The summed E-state index contributed by atoms with van der Waals surface area (Å²) in [6.45, 7) is 5.56. The Bertz CT molecular complexity index is 833. The van der Waals surface area contributed by atoms with Gasteiger partial charge in [-0.3, -0.25) is 9.89 Å². The van der Waals surface area contributed by atoms with Crippen LogP contribution in [0.4, 0.5) is 5.69 Å². The fraction of sp³-hybridized carbons (Fsp3) is 0.294. The van der Waals surface area contributed by atoms with E-state index >= 15 is 0 Å². The molecule has 1 aromatic carbocycles. The number of aromatic amines is 1. The zero-order chi connectivity index (χ0) is 17.1. The lowest BCUT2D eigenvalue weighted by atomic mass is 10.1. The van der Waals surface area contributed by atoms with Gasteiger partial charge in [0.1, 0.15) is 5.69 Å². The summed E-state index contributed by atoms with van der Waals surface area (Å²) in [5.41, 5.74) is 4.58. The van der Waals surface area contributed by atoms with Gasteiger partial charge >= 0.3 is 0 Å². The first-order valence-electron chi connectivity index (χ1n) is 7.82. The van der Waals surface area contributed by atoms with Crippen molar-refractivity contribution in [2.24, 2.45) is 0 Å². The van der Waals surface area contributed by atoms with Crippen LogP contribution in [-0.4, -0.2) is 31.1 Å². The van der Waals surface area contributed by atoms with E-state index in [-0.39, 0.29) is 11.9 Å². The minimum atomic E-state index is -0.0869. The number of carbonyl (C=O) groups excluding carboxylic acids is 1. The first kappa shape index (κ1) is 15.9. The normalized spacial score (nSPS) is 12.1. The molecule has 2 N–H and O–H groups in total. The first-order chi connectivity index (χ1) is 11.5. The highest BCUT2D eigenvalue weighted by Crippen LogP contribution is 2.21. The highest BCUT2D eigenvalue weighted by atomic mass is 16.1. The van der Waals surface area contributed by atoms with Crippen LogP contribution in [0.15, 0.2) is 36.5 Å². The molecule has 3 aromatic rings. The number of amides is 1. The summed E-state index contributed by atoms with van der Waals surface area (Å²) in [6, 6.07) is 9.74. The van der Waals surface area contributed by atoms with Crippen molar-refractivity contribution in [2.45, 2.75) is 33.2 Å². The Labute approximate surface area is 140 Å². The van der Waals surface area contributed by atoms with E-state index in [1.807, 2.05) is 48.1 Å². The molecule has 7 heteroatoms. The zero-order valence-corrected chi connectivity index (χ0v) is 13.9. The van der Waals surface area contributed by atoms with Gasteiger partial charge < -0.3 is 5.32 Å². The molecular formula is C17H20N6O. The molecule has 0 saturated heterocycles. The number of anilines is 1. The Morgan fingerprint density at radius 1 is 1.33 bits per heavy atom. The van der Waals surface area contributed by atoms with Crippen LogP contribution in [0, 0.1) is 6.92 Å². The fourth-order valence-corrected chi connectivity index (χ4v) is 2.53. The zero-order valence-electron chi connectivity index (χ0n) is 13.9. The molecule has 124 valence electrons. The van der Waals surface area contributed by atoms with Crippen molar-refractivity contribution < 1.29 is 4.79 Å². The van der Waals surface area contributed by atoms with Crippen LogP contribution in [0.1, 0.15) is 31.3 Å². The Morgan fingerprint density at radius 2 is 2.08 bits per heavy atom. The minimum absolute atomic E-state index is 0.0869. The standard InChI is InChI=1S/C17H20N6O/c1-11-8-16(20-19-11)9-12(2)23-10-17(21-22-23)14-4-6-15(7-5-14)18-13(3)24/h4-8,10,12H,9H2,1-3H3,(H,18,24)(H,19,20). The lowest BCUT2D eigenvalue weighted by Gasteiger charge is -2.08. The van der Waals surface area contributed by atoms with Crippen molar-refractivity contribution in [3.05, 3.63) is 47.9 Å². The van der Waals surface area contributed by atoms with Gasteiger partial charge in [0, 0.05) is 30.3 Å². The minimum Gasteiger partial charge on any atom is -0.326 e. The van der Waals surface area contributed by atoms with Crippen molar-refractivity contribution >= 4 is 11.6 Å². The van der Waals surface area contributed by atoms with E-state index in [1.54, 1.807) is 0 Å². The molecule has 0 aliphatic heterocycles. The Hall–Kier alpha value is -2.96. The molecule has 0 radical (unpaired) electrons. The van der Waals surface area contributed by atoms with Gasteiger partial charge in [-0.15, -0.1) is 5.10 Å². The number of aromatic nitrogens is 5. The number of carbonyl (C=O) groups is 1. The third-order valence-electron chi connectivity index (χ3n) is 3.73. The lowest BCUT2D eigenvalue weighted by Crippen LogP contribution is -2.09. The molecule has 1 unspecified atom stereocenters. The average Bonchev–Trinajstić information content (AvgIpc) is 3.17. The van der Waals surface area contributed by atoms with Gasteiger partial charge in [0.15, 0.2) is 0 Å². The molecule has 1 atom stereocenters. The van der Waals surface area contributed by atoms with Gasteiger partial charge in [0.25, 0.3) is 0 Å². The maximum atomic E-state index is 11.1. The largest absolute Gasteiger partial charge is 0.326 e. The average molecular weight is 324 g/mol. The van der Waals surface area contributed by atoms with Crippen molar-refractivity contribution in [3.63, 3.8) is 0 Å². The second kappa shape index (κ2) is 6.66. The highest BCUT2D eigenvalue weighted by molar-refractivity contribution is 5.88. The molecule has 0 aliphatic carbocycles. The van der Waals surface area contributed by atoms with Gasteiger partial charge in [0.05, 0.1) is 17.9 Å². The summed E-state index contributed by atoms with van der Waals surface area (Å²) in [7, 11) is 0. The second-order valence-corrected chi connectivity index (χ2v) is 5.94. The summed E-state index contributed by atoms with van der Waals surface area (Å²) in [5.74, 6) is -0.0869. The van der Waals surface area contributed by atoms with E-state index in [0.717, 1.165) is 34.8 Å². The van der Waals surface area contributed by atoms with E-state index in [0.29, 0.717) is 0 Å². The molecule has 0 fully saturated rings. The number of nitrogens with zero attached hydrogens (tertiary/aromatic N) is 4. The highest BCUT2D eigenvalue weighted by Gasteiger charge is 2.12. The van der Waals surface area contributed by atoms with Crippen LogP contribution in [0.3, 0.4) is 0 Å². The lowest BCUT2D eigenvalue weighted by molar-refractivity contribution is -0.114. The summed E-state index contributed by atoms with van der Waals surface area (Å²) in [6.07, 6.45) is 2.71. The number of H-pyrrole nitrogens is 1. The monoisotopic (exact) mass is 324 g/mol. The first-order valence-corrected chi connectivity index (χ1v) is 7.82. The van der Waals surface area contributed by atoms with Gasteiger partial charge in [0.2, 0.25) is 5.91 Å². The van der Waals surface area contributed by atoms with Crippen molar-refractivity contribution in [1.29, 1.82) is 0 Å². The molecule has 0 saturated carbocycles. The SMILES string of the molecule is CC(=O)Nc1ccc(-c2cn(C(C)Cc3cc(C)[nH]n3)nn2)cc1. The number of hydrogen-bond donors (Lipinski definition) is 2. The molecule has 24 heavy (non-hydrogen) atoms. The summed E-state index contributed by atoms with van der Waals surface area (Å²) in [4.78, 5) is 11.1. The predicted molar refractivity (Wildman–Crippen MR) is 91.5 cm³/mol. The smallest absolute Gasteiger partial charge is 0.221 e. The molecule has 3 rings (SSSR count). The molecule has 0 aliphatic rings. The van der Waals surface area contributed by atoms with E-state index < -0.39 is 0 Å². The van der Waals surface area contributed by atoms with Gasteiger partial charge in [-0.2, -0.15) is 5.10 Å². The Balaban J connectivity index is 1.71. The van der Waals surface area contributed by atoms with Gasteiger partial charge in [-0.25, -0.2) is 4.68 Å². The quantitative estimate of drug-likeness (QED) is 0.755. The van der Waals surface area contributed by atoms with Crippen molar-refractivity contribution in [1.82, 2.24) is 25.2 Å². The van der Waals surface area contributed by atoms with E-state index in [4.69, 9.17) is 0 Å². The van der Waals surface area contributed by atoms with Gasteiger partial charge in [-0.05, 0) is 32.0 Å². The van der Waals surface area contributed by atoms with Crippen LogP contribution in [0.25, 0.3) is 11.3 Å². The summed E-state index contributed by atoms with van der Waals surface area (Å²) in [5, 5.41) is 18.4. The van der Waals surface area contributed by atoms with Crippen LogP contribution in [-0.2, 0) is 11.2 Å². The Kier molecular flexibility index (Phi) is 4.41. The fourth-order valence-electron chi connectivity index (χ4n) is 2.53. The molecular weight excluding hydrogens is 304 g/mol. The van der Waals surface area contributed by atoms with Crippen LogP contribution in [0.5, 0.6) is 0 Å². The number of hydrogen-bond acceptors (Lipinski definition) is 4. The summed E-state index contributed by atoms with van der Waals surface area (Å²) < 4.78 is 1.85. The molecule has 2 aromatic heterocycles. The molecule has 0 spiro atoms. The van der Waals surface area contributed by atoms with Crippen LogP contribution >= 0.6 is 0 Å². The number of nitrogens with one attached hydrogen (secondary N) is 2. The van der Waals surface area contributed by atoms with Gasteiger partial charge in [-0.1, -0.05) is 17.3 Å². The molecule has 2 heterocycles. The van der Waals surface area contributed by atoms with Crippen LogP contribution in [0.2, 0.25) is 0 Å². The van der Waals surface area contributed by atoms with E-state index in [1.165, 1.54) is 6.92 Å². The van der Waals surface area contributed by atoms with Crippen LogP contribution < -0.4 is 5.32 Å². The van der Waals surface area contributed by atoms with E-state index in [9.17, 15) is 4.79 Å². The Morgan fingerprint density at radius 3 is 2.71 bits per heavy atom. The topological polar surface area (TPSA) is 88.5 Å². The third kappa shape index (κ3) is 3.68. The second-order valence-electron chi connectivity index (χ2n) is 5.94. The molecule has 1 amide bonds. The maximum absolute atomic E-state index is 11.1. The third-order valence-corrected chi connectivity index (χ3v) is 3.73. The number of aryl methyl sites for hydroxylation is 1. The van der Waals surface area contributed by atoms with Crippen molar-refractivity contribution in [3.8, 4) is 11.3 Å². The maximum Gasteiger partial charge on any atom is 0.221 e. The predicted octanol–water partition coefficient (Wildman–Crippen LogP) is 2.74. The number of rotatable bonds is 5. The number of benzene rings is 1. The van der Waals surface area contributed by atoms with Crippen molar-refractivity contribution in [2.75, 3.05) is 5.32 Å². The molecule has 0 bridgehead atoms. The molecule has 7 nitrogen and oxygen atoms in total. The van der Waals surface area contributed by atoms with E-state index in [2.05, 4.69) is 32.7 Å².